The maximum atomic E-state index is 12.6. The second-order valence-corrected chi connectivity index (χ2v) is 6.19. The van der Waals surface area contributed by atoms with Crippen LogP contribution < -0.4 is 11.1 Å². The van der Waals surface area contributed by atoms with E-state index in [1.165, 1.54) is 0 Å². The summed E-state index contributed by atoms with van der Waals surface area (Å²) in [5.41, 5.74) is 8.21. The molecule has 0 saturated carbocycles. The Balaban J connectivity index is 2.07. The highest BCUT2D eigenvalue weighted by Gasteiger charge is 2.24. The first-order valence-corrected chi connectivity index (χ1v) is 8.27. The lowest BCUT2D eigenvalue weighted by Gasteiger charge is -2.24. The van der Waals surface area contributed by atoms with Crippen molar-refractivity contribution in [2.45, 2.75) is 32.4 Å². The van der Waals surface area contributed by atoms with E-state index in [1.54, 1.807) is 0 Å². The summed E-state index contributed by atoms with van der Waals surface area (Å²) in [6.45, 7) is 3.89. The SMILES string of the molecule is CCC(NC(=O)C(C)C(N)c1ccccc1)c1cccc(Cl)c1. The summed E-state index contributed by atoms with van der Waals surface area (Å²) < 4.78 is 0. The van der Waals surface area contributed by atoms with Gasteiger partial charge in [0.1, 0.15) is 0 Å². The molecule has 3 nitrogen and oxygen atoms in total. The molecular weight excluding hydrogens is 308 g/mol. The number of rotatable bonds is 6. The van der Waals surface area contributed by atoms with Crippen molar-refractivity contribution in [1.29, 1.82) is 0 Å². The molecule has 3 unspecified atom stereocenters. The number of benzene rings is 2. The van der Waals surface area contributed by atoms with Crippen molar-refractivity contribution < 1.29 is 4.79 Å². The second-order valence-electron chi connectivity index (χ2n) is 5.75. The van der Waals surface area contributed by atoms with Crippen LogP contribution in [0.15, 0.2) is 54.6 Å². The molecule has 0 spiro atoms. The van der Waals surface area contributed by atoms with Gasteiger partial charge in [-0.3, -0.25) is 4.79 Å². The average molecular weight is 331 g/mol. The van der Waals surface area contributed by atoms with E-state index in [4.69, 9.17) is 17.3 Å². The second kappa shape index (κ2) is 8.14. The molecule has 2 aromatic rings. The molecular formula is C19H23ClN2O. The van der Waals surface area contributed by atoms with Gasteiger partial charge < -0.3 is 11.1 Å². The van der Waals surface area contributed by atoms with Crippen LogP contribution in [0, 0.1) is 5.92 Å². The predicted octanol–water partition coefficient (Wildman–Crippen LogP) is 4.24. The fourth-order valence-electron chi connectivity index (χ4n) is 2.57. The number of carbonyl (C=O) groups is 1. The molecule has 0 fully saturated rings. The first-order valence-electron chi connectivity index (χ1n) is 7.89. The standard InChI is InChI=1S/C19H23ClN2O/c1-3-17(15-10-7-11-16(20)12-15)22-19(23)13(2)18(21)14-8-5-4-6-9-14/h4-13,17-18H,3,21H2,1-2H3,(H,22,23). The normalized spacial score (nSPS) is 14.8. The average Bonchev–Trinajstić information content (AvgIpc) is 2.58. The zero-order chi connectivity index (χ0) is 16.8. The molecule has 0 radical (unpaired) electrons. The molecule has 4 heteroatoms. The summed E-state index contributed by atoms with van der Waals surface area (Å²) in [5.74, 6) is -0.362. The van der Waals surface area contributed by atoms with Crippen molar-refractivity contribution in [3.8, 4) is 0 Å². The van der Waals surface area contributed by atoms with E-state index < -0.39 is 0 Å². The lowest BCUT2D eigenvalue weighted by Crippen LogP contribution is -2.37. The highest BCUT2D eigenvalue weighted by molar-refractivity contribution is 6.30. The first-order chi connectivity index (χ1) is 11.0. The van der Waals surface area contributed by atoms with E-state index in [2.05, 4.69) is 5.32 Å². The van der Waals surface area contributed by atoms with Crippen LogP contribution in [0.3, 0.4) is 0 Å². The molecule has 0 aliphatic heterocycles. The van der Waals surface area contributed by atoms with Gasteiger partial charge in [0.15, 0.2) is 0 Å². The molecule has 2 aromatic carbocycles. The zero-order valence-corrected chi connectivity index (χ0v) is 14.3. The summed E-state index contributed by atoms with van der Waals surface area (Å²) >= 11 is 6.04. The van der Waals surface area contributed by atoms with Crippen molar-refractivity contribution in [3.05, 3.63) is 70.7 Å². The molecule has 0 saturated heterocycles. The van der Waals surface area contributed by atoms with Crippen molar-refractivity contribution in [2.24, 2.45) is 11.7 Å². The van der Waals surface area contributed by atoms with Crippen molar-refractivity contribution in [3.63, 3.8) is 0 Å². The minimum Gasteiger partial charge on any atom is -0.349 e. The van der Waals surface area contributed by atoms with Gasteiger partial charge in [0.2, 0.25) is 5.91 Å². The van der Waals surface area contributed by atoms with Gasteiger partial charge in [-0.1, -0.05) is 67.9 Å². The third kappa shape index (κ3) is 4.57. The molecule has 0 bridgehead atoms. The fourth-order valence-corrected chi connectivity index (χ4v) is 2.77. The summed E-state index contributed by atoms with van der Waals surface area (Å²) in [4.78, 5) is 12.6. The molecule has 2 rings (SSSR count). The maximum Gasteiger partial charge on any atom is 0.225 e. The van der Waals surface area contributed by atoms with E-state index in [1.807, 2.05) is 68.4 Å². The minimum atomic E-state index is -0.326. The summed E-state index contributed by atoms with van der Waals surface area (Å²) in [6, 6.07) is 16.9. The molecule has 0 aromatic heterocycles. The number of halogens is 1. The van der Waals surface area contributed by atoms with Crippen LogP contribution in [-0.4, -0.2) is 5.91 Å². The van der Waals surface area contributed by atoms with Gasteiger partial charge in [0.05, 0.1) is 12.0 Å². The van der Waals surface area contributed by atoms with Crippen molar-refractivity contribution in [1.82, 2.24) is 5.32 Å². The Labute approximate surface area is 142 Å². The van der Waals surface area contributed by atoms with Crippen LogP contribution in [0.2, 0.25) is 5.02 Å². The van der Waals surface area contributed by atoms with E-state index in [9.17, 15) is 4.79 Å². The summed E-state index contributed by atoms with van der Waals surface area (Å²) in [7, 11) is 0. The molecule has 3 N–H and O–H groups in total. The Morgan fingerprint density at radius 1 is 1.13 bits per heavy atom. The van der Waals surface area contributed by atoms with Crippen molar-refractivity contribution in [2.75, 3.05) is 0 Å². The van der Waals surface area contributed by atoms with Gasteiger partial charge in [0.25, 0.3) is 0 Å². The fraction of sp³-hybridized carbons (Fsp3) is 0.316. The number of carbonyl (C=O) groups excluding carboxylic acids is 1. The van der Waals surface area contributed by atoms with Gasteiger partial charge in [-0.05, 0) is 29.7 Å². The first kappa shape index (κ1) is 17.5. The van der Waals surface area contributed by atoms with E-state index in [0.717, 1.165) is 17.5 Å². The Morgan fingerprint density at radius 3 is 2.39 bits per heavy atom. The Morgan fingerprint density at radius 2 is 1.78 bits per heavy atom. The molecule has 122 valence electrons. The summed E-state index contributed by atoms with van der Waals surface area (Å²) in [5, 5.41) is 3.75. The monoisotopic (exact) mass is 330 g/mol. The molecule has 0 aliphatic carbocycles. The van der Waals surface area contributed by atoms with Crippen LogP contribution in [0.4, 0.5) is 0 Å². The highest BCUT2D eigenvalue weighted by atomic mass is 35.5. The number of nitrogens with one attached hydrogen (secondary N) is 1. The third-order valence-corrected chi connectivity index (χ3v) is 4.35. The Kier molecular flexibility index (Phi) is 6.20. The third-order valence-electron chi connectivity index (χ3n) is 4.11. The van der Waals surface area contributed by atoms with Crippen LogP contribution in [0.1, 0.15) is 43.5 Å². The molecule has 3 atom stereocenters. The van der Waals surface area contributed by atoms with Gasteiger partial charge in [-0.2, -0.15) is 0 Å². The van der Waals surface area contributed by atoms with Crippen LogP contribution in [0.5, 0.6) is 0 Å². The van der Waals surface area contributed by atoms with Gasteiger partial charge in [-0.25, -0.2) is 0 Å². The molecule has 0 heterocycles. The van der Waals surface area contributed by atoms with E-state index in [0.29, 0.717) is 5.02 Å². The molecule has 1 amide bonds. The van der Waals surface area contributed by atoms with E-state index >= 15 is 0 Å². The summed E-state index contributed by atoms with van der Waals surface area (Å²) in [6.07, 6.45) is 0.791. The predicted molar refractivity (Wildman–Crippen MR) is 95.2 cm³/mol. The lowest BCUT2D eigenvalue weighted by atomic mass is 9.94. The number of hydrogen-bond acceptors (Lipinski definition) is 2. The van der Waals surface area contributed by atoms with Gasteiger partial charge >= 0.3 is 0 Å². The highest BCUT2D eigenvalue weighted by Crippen LogP contribution is 2.23. The smallest absolute Gasteiger partial charge is 0.225 e. The largest absolute Gasteiger partial charge is 0.349 e. The topological polar surface area (TPSA) is 55.1 Å². The van der Waals surface area contributed by atoms with Crippen LogP contribution in [-0.2, 0) is 4.79 Å². The van der Waals surface area contributed by atoms with Gasteiger partial charge in [0, 0.05) is 11.1 Å². The number of nitrogens with two attached hydrogens (primary N) is 1. The quantitative estimate of drug-likeness (QED) is 0.832. The zero-order valence-electron chi connectivity index (χ0n) is 13.5. The molecule has 0 aliphatic rings. The minimum absolute atomic E-state index is 0.0480. The van der Waals surface area contributed by atoms with Crippen LogP contribution >= 0.6 is 11.6 Å². The van der Waals surface area contributed by atoms with Crippen LogP contribution in [0.25, 0.3) is 0 Å². The Hall–Kier alpha value is -1.84. The number of hydrogen-bond donors (Lipinski definition) is 2. The lowest BCUT2D eigenvalue weighted by molar-refractivity contribution is -0.126. The Bertz CT molecular complexity index is 645. The maximum absolute atomic E-state index is 12.6. The number of amides is 1. The van der Waals surface area contributed by atoms with E-state index in [-0.39, 0.29) is 23.9 Å². The molecule has 23 heavy (non-hydrogen) atoms. The van der Waals surface area contributed by atoms with Gasteiger partial charge in [-0.15, -0.1) is 0 Å². The van der Waals surface area contributed by atoms with Crippen molar-refractivity contribution >= 4 is 17.5 Å².